The lowest BCUT2D eigenvalue weighted by Crippen LogP contribution is -2.48. The van der Waals surface area contributed by atoms with Gasteiger partial charge in [0.15, 0.2) is 0 Å². The first-order valence-corrected chi connectivity index (χ1v) is 9.98. The molecule has 4 heterocycles. The normalized spacial score (nSPS) is 15.6. The Hall–Kier alpha value is -2.03. The molecule has 1 saturated heterocycles. The van der Waals surface area contributed by atoms with Crippen molar-refractivity contribution in [3.05, 3.63) is 45.9 Å². The summed E-state index contributed by atoms with van der Waals surface area (Å²) in [6, 6.07) is 2.16. The maximum absolute atomic E-state index is 12.7. The van der Waals surface area contributed by atoms with Gasteiger partial charge in [-0.2, -0.15) is 16.4 Å². The molecule has 8 heteroatoms. The smallest absolute Gasteiger partial charge is 0.273 e. The maximum Gasteiger partial charge on any atom is 0.273 e. The summed E-state index contributed by atoms with van der Waals surface area (Å²) in [5.41, 5.74) is 2.84. The van der Waals surface area contributed by atoms with Gasteiger partial charge in [-0.25, -0.2) is 4.98 Å². The van der Waals surface area contributed by atoms with Gasteiger partial charge in [-0.1, -0.05) is 0 Å². The molecule has 1 fully saturated rings. The molecule has 130 valence electrons. The number of aryl methyl sites for hydroxylation is 1. The molecule has 0 atom stereocenters. The van der Waals surface area contributed by atoms with Crippen LogP contribution in [0.3, 0.4) is 0 Å². The predicted molar refractivity (Wildman–Crippen MR) is 99.8 cm³/mol. The molecule has 0 bridgehead atoms. The second kappa shape index (κ2) is 7.07. The Balaban J connectivity index is 1.37. The standard InChI is InChI=1S/C17H19N5OS2/c1-20-10-14(8-18-20)16-19-15(12-25-16)17(23)22-5-3-21(4-6-22)9-13-2-7-24-11-13/h2,7-8,10-12H,3-6,9H2,1H3. The molecule has 4 rings (SSSR count). The lowest BCUT2D eigenvalue weighted by atomic mass is 10.2. The van der Waals surface area contributed by atoms with E-state index in [0.717, 1.165) is 43.3 Å². The number of aromatic nitrogens is 3. The molecule has 1 amide bonds. The van der Waals surface area contributed by atoms with Crippen LogP contribution in [0.1, 0.15) is 16.1 Å². The van der Waals surface area contributed by atoms with Crippen molar-refractivity contribution >= 4 is 28.6 Å². The number of thiophene rings is 1. The Morgan fingerprint density at radius 1 is 1.24 bits per heavy atom. The van der Waals surface area contributed by atoms with Crippen LogP contribution in [0.25, 0.3) is 10.6 Å². The monoisotopic (exact) mass is 373 g/mol. The third-order valence-corrected chi connectivity index (χ3v) is 5.94. The average Bonchev–Trinajstić information content (AvgIpc) is 3.36. The van der Waals surface area contributed by atoms with Gasteiger partial charge in [0.2, 0.25) is 0 Å². The summed E-state index contributed by atoms with van der Waals surface area (Å²) in [5, 5.41) is 11.1. The highest BCUT2D eigenvalue weighted by molar-refractivity contribution is 7.13. The van der Waals surface area contributed by atoms with Gasteiger partial charge >= 0.3 is 0 Å². The molecule has 3 aromatic heterocycles. The van der Waals surface area contributed by atoms with Crippen molar-refractivity contribution in [3.63, 3.8) is 0 Å². The molecule has 0 aromatic carbocycles. The van der Waals surface area contributed by atoms with Gasteiger partial charge in [0, 0.05) is 56.9 Å². The van der Waals surface area contributed by atoms with E-state index >= 15 is 0 Å². The average molecular weight is 374 g/mol. The van der Waals surface area contributed by atoms with Crippen molar-refractivity contribution in [1.82, 2.24) is 24.6 Å². The molecule has 0 saturated carbocycles. The molecule has 3 aromatic rings. The fourth-order valence-electron chi connectivity index (χ4n) is 2.95. The molecular weight excluding hydrogens is 354 g/mol. The van der Waals surface area contributed by atoms with Gasteiger partial charge in [-0.3, -0.25) is 14.4 Å². The highest BCUT2D eigenvalue weighted by atomic mass is 32.1. The van der Waals surface area contributed by atoms with Crippen LogP contribution in [-0.2, 0) is 13.6 Å². The van der Waals surface area contributed by atoms with E-state index in [-0.39, 0.29) is 5.91 Å². The minimum Gasteiger partial charge on any atom is -0.335 e. The van der Waals surface area contributed by atoms with E-state index in [1.807, 2.05) is 23.5 Å². The number of hydrogen-bond acceptors (Lipinski definition) is 6. The fourth-order valence-corrected chi connectivity index (χ4v) is 4.38. The minimum atomic E-state index is 0.0292. The first-order valence-electron chi connectivity index (χ1n) is 8.16. The Kier molecular flexibility index (Phi) is 4.65. The van der Waals surface area contributed by atoms with Crippen molar-refractivity contribution in [2.75, 3.05) is 26.2 Å². The van der Waals surface area contributed by atoms with Crippen LogP contribution in [0.15, 0.2) is 34.6 Å². The Morgan fingerprint density at radius 3 is 2.76 bits per heavy atom. The van der Waals surface area contributed by atoms with Gasteiger partial charge in [0.05, 0.1) is 6.20 Å². The number of nitrogens with zero attached hydrogens (tertiary/aromatic N) is 5. The largest absolute Gasteiger partial charge is 0.335 e. The lowest BCUT2D eigenvalue weighted by molar-refractivity contribution is 0.0624. The predicted octanol–water partition coefficient (Wildman–Crippen LogP) is 2.56. The van der Waals surface area contributed by atoms with E-state index in [2.05, 4.69) is 31.8 Å². The Morgan fingerprint density at radius 2 is 2.08 bits per heavy atom. The number of carbonyl (C=O) groups is 1. The van der Waals surface area contributed by atoms with Gasteiger partial charge in [-0.05, 0) is 22.4 Å². The number of carbonyl (C=O) groups excluding carboxylic acids is 1. The molecule has 1 aliphatic heterocycles. The van der Waals surface area contributed by atoms with Crippen molar-refractivity contribution in [2.24, 2.45) is 7.05 Å². The molecule has 0 radical (unpaired) electrons. The van der Waals surface area contributed by atoms with E-state index in [9.17, 15) is 4.79 Å². The van der Waals surface area contributed by atoms with E-state index in [1.54, 1.807) is 22.2 Å². The quantitative estimate of drug-likeness (QED) is 0.705. The Labute approximate surface area is 154 Å². The third-order valence-electron chi connectivity index (χ3n) is 4.32. The fraction of sp³-hybridized carbons (Fsp3) is 0.353. The van der Waals surface area contributed by atoms with Crippen LogP contribution in [0.4, 0.5) is 0 Å². The number of thiazole rings is 1. The van der Waals surface area contributed by atoms with Crippen LogP contribution in [0.5, 0.6) is 0 Å². The SMILES string of the molecule is Cn1cc(-c2nc(C(=O)N3CCN(Cc4ccsc4)CC3)cs2)cn1. The highest BCUT2D eigenvalue weighted by Gasteiger charge is 2.24. The summed E-state index contributed by atoms with van der Waals surface area (Å²) in [6.45, 7) is 4.28. The first kappa shape index (κ1) is 16.4. The number of rotatable bonds is 4. The molecule has 0 unspecified atom stereocenters. The van der Waals surface area contributed by atoms with Crippen molar-refractivity contribution in [3.8, 4) is 10.6 Å². The zero-order valence-electron chi connectivity index (χ0n) is 14.0. The van der Waals surface area contributed by atoms with Crippen LogP contribution >= 0.6 is 22.7 Å². The van der Waals surface area contributed by atoms with Crippen molar-refractivity contribution in [2.45, 2.75) is 6.54 Å². The summed E-state index contributed by atoms with van der Waals surface area (Å²) < 4.78 is 1.74. The zero-order valence-corrected chi connectivity index (χ0v) is 15.6. The molecule has 0 aliphatic carbocycles. The van der Waals surface area contributed by atoms with E-state index in [1.165, 1.54) is 16.9 Å². The van der Waals surface area contributed by atoms with E-state index < -0.39 is 0 Å². The van der Waals surface area contributed by atoms with E-state index in [0.29, 0.717) is 5.69 Å². The lowest BCUT2D eigenvalue weighted by Gasteiger charge is -2.34. The molecular formula is C17H19N5OS2. The number of hydrogen-bond donors (Lipinski definition) is 0. The first-order chi connectivity index (χ1) is 12.2. The van der Waals surface area contributed by atoms with Crippen LogP contribution in [-0.4, -0.2) is 56.7 Å². The maximum atomic E-state index is 12.7. The van der Waals surface area contributed by atoms with Gasteiger partial charge in [0.25, 0.3) is 5.91 Å². The molecule has 0 spiro atoms. The topological polar surface area (TPSA) is 54.3 Å². The molecule has 0 N–H and O–H groups in total. The van der Waals surface area contributed by atoms with Crippen LogP contribution in [0, 0.1) is 0 Å². The molecule has 6 nitrogen and oxygen atoms in total. The Bertz CT molecular complexity index is 846. The molecule has 1 aliphatic rings. The summed E-state index contributed by atoms with van der Waals surface area (Å²) in [6.07, 6.45) is 3.69. The second-order valence-electron chi connectivity index (χ2n) is 6.14. The minimum absolute atomic E-state index is 0.0292. The molecule has 25 heavy (non-hydrogen) atoms. The van der Waals surface area contributed by atoms with E-state index in [4.69, 9.17) is 0 Å². The third kappa shape index (κ3) is 3.65. The van der Waals surface area contributed by atoms with Crippen LogP contribution < -0.4 is 0 Å². The van der Waals surface area contributed by atoms with Crippen molar-refractivity contribution in [1.29, 1.82) is 0 Å². The summed E-state index contributed by atoms with van der Waals surface area (Å²) >= 11 is 3.22. The van der Waals surface area contributed by atoms with Gasteiger partial charge < -0.3 is 4.90 Å². The summed E-state index contributed by atoms with van der Waals surface area (Å²) in [7, 11) is 1.87. The van der Waals surface area contributed by atoms with Gasteiger partial charge in [-0.15, -0.1) is 11.3 Å². The highest BCUT2D eigenvalue weighted by Crippen LogP contribution is 2.24. The van der Waals surface area contributed by atoms with Crippen LogP contribution in [0.2, 0.25) is 0 Å². The number of piperazine rings is 1. The van der Waals surface area contributed by atoms with Gasteiger partial charge in [0.1, 0.15) is 10.7 Å². The summed E-state index contributed by atoms with van der Waals surface area (Å²) in [5.74, 6) is 0.0292. The van der Waals surface area contributed by atoms with Crippen molar-refractivity contribution < 1.29 is 4.79 Å². The summed E-state index contributed by atoms with van der Waals surface area (Å²) in [4.78, 5) is 21.5. The second-order valence-corrected chi connectivity index (χ2v) is 7.78. The number of amides is 1. The zero-order chi connectivity index (χ0) is 17.2.